The van der Waals surface area contributed by atoms with Crippen molar-refractivity contribution in [3.05, 3.63) is 149 Å². The quantitative estimate of drug-likeness (QED) is 0.0383. The summed E-state index contributed by atoms with van der Waals surface area (Å²) < 4.78 is 0. The lowest BCUT2D eigenvalue weighted by atomic mass is 10.1. The number of nitrogens with two attached hydrogens (primary N) is 2. The van der Waals surface area contributed by atoms with Gasteiger partial charge < -0.3 is 68.9 Å². The van der Waals surface area contributed by atoms with Crippen LogP contribution in [0.3, 0.4) is 0 Å². The monoisotopic (exact) mass is 897 g/mol. The number of carbonyl (C=O) groups is 1. The Kier molecular flexibility index (Phi) is 28.8. The second-order valence-electron chi connectivity index (χ2n) is 16.0. The van der Waals surface area contributed by atoms with E-state index in [4.69, 9.17) is 26.8 Å². The van der Waals surface area contributed by atoms with Crippen LogP contribution in [0, 0.1) is 20.8 Å². The van der Waals surface area contributed by atoms with Gasteiger partial charge in [-0.05, 0) is 112 Å². The van der Waals surface area contributed by atoms with Gasteiger partial charge in [0.2, 0.25) is 5.91 Å². The fraction of sp³-hybridized carbons (Fsp3) is 0.392. The van der Waals surface area contributed by atoms with Crippen LogP contribution < -0.4 is 43.4 Å². The molecule has 0 bridgehead atoms. The first kappa shape index (κ1) is 55.4. The standard InChI is InChI=1S/C30H52N8O3.3C7H8O/c1-23(36-13-11-31)20-34-14-16-37-27(19-25-4-8-29(40)9-5-25)22-35-15-17-38-26(21-33-12-10-30(32)41)18-24-2-6-28(39)7-3-24;3*1-6-2-4-7(8)5-3-6/h2-9,23,26-27,33-40H,10-22,31H2,1H3,(H2,32,41);3*2-5,8H,1H3. The van der Waals surface area contributed by atoms with Crippen LogP contribution in [0.15, 0.2) is 121 Å². The van der Waals surface area contributed by atoms with Crippen LogP contribution in [-0.2, 0) is 17.6 Å². The van der Waals surface area contributed by atoms with E-state index in [1.165, 1.54) is 22.3 Å². The summed E-state index contributed by atoms with van der Waals surface area (Å²) in [7, 11) is 0. The zero-order chi connectivity index (χ0) is 47.7. The molecular formula is C51H76N8O6. The Morgan fingerprint density at radius 3 is 1.11 bits per heavy atom. The third-order valence-corrected chi connectivity index (χ3v) is 9.83. The molecule has 1 amide bonds. The average Bonchev–Trinajstić information content (AvgIpc) is 3.29. The molecule has 0 fully saturated rings. The number of aromatic hydroxyl groups is 5. The topological polar surface area (TPSA) is 242 Å². The van der Waals surface area contributed by atoms with Crippen molar-refractivity contribution >= 4 is 5.91 Å². The van der Waals surface area contributed by atoms with E-state index in [9.17, 15) is 15.0 Å². The molecule has 0 spiro atoms. The SMILES string of the molecule is CC(CNCCNC(CNCCNC(CNCCC(N)=O)Cc1ccc(O)cc1)Cc1ccc(O)cc1)NCCN.Cc1ccc(O)cc1.Cc1ccc(O)cc1.Cc1ccc(O)cc1. The van der Waals surface area contributed by atoms with Crippen molar-refractivity contribution < 1.29 is 30.3 Å². The van der Waals surface area contributed by atoms with Crippen molar-refractivity contribution in [3.8, 4) is 28.7 Å². The van der Waals surface area contributed by atoms with Crippen LogP contribution in [0.4, 0.5) is 0 Å². The molecule has 65 heavy (non-hydrogen) atoms. The number of carbonyl (C=O) groups excluding carboxylic acids is 1. The first-order chi connectivity index (χ1) is 31.2. The number of nitrogens with one attached hydrogen (secondary N) is 6. The van der Waals surface area contributed by atoms with Crippen LogP contribution in [0.25, 0.3) is 0 Å². The lowest BCUT2D eigenvalue weighted by Crippen LogP contribution is -2.47. The summed E-state index contributed by atoms with van der Waals surface area (Å²) in [6.45, 7) is 15.8. The molecule has 15 N–H and O–H groups in total. The van der Waals surface area contributed by atoms with Crippen LogP contribution in [0.1, 0.15) is 41.2 Å². The summed E-state index contributed by atoms with van der Waals surface area (Å²) in [5.41, 5.74) is 16.6. The molecule has 0 aromatic heterocycles. The minimum absolute atomic E-state index is 0.160. The van der Waals surface area contributed by atoms with Crippen LogP contribution in [0.2, 0.25) is 0 Å². The Balaban J connectivity index is 0.000000478. The minimum atomic E-state index is -0.315. The highest BCUT2D eigenvalue weighted by Crippen LogP contribution is 2.13. The first-order valence-corrected chi connectivity index (χ1v) is 22.4. The highest BCUT2D eigenvalue weighted by Gasteiger charge is 2.12. The lowest BCUT2D eigenvalue weighted by Gasteiger charge is -2.22. The molecule has 3 unspecified atom stereocenters. The maximum atomic E-state index is 11.1. The third kappa shape index (κ3) is 29.4. The molecule has 14 heteroatoms. The van der Waals surface area contributed by atoms with Crippen molar-refractivity contribution in [2.75, 3.05) is 65.4 Å². The fourth-order valence-corrected chi connectivity index (χ4v) is 6.11. The predicted octanol–water partition coefficient (Wildman–Crippen LogP) is 4.48. The van der Waals surface area contributed by atoms with Gasteiger partial charge in [-0.1, -0.05) is 77.4 Å². The van der Waals surface area contributed by atoms with Gasteiger partial charge >= 0.3 is 0 Å². The second kappa shape index (κ2) is 33.8. The number of phenolic OH excluding ortho intramolecular Hbond substituents is 5. The van der Waals surface area contributed by atoms with Crippen LogP contribution >= 0.6 is 0 Å². The number of rotatable bonds is 24. The fourth-order valence-electron chi connectivity index (χ4n) is 6.11. The van der Waals surface area contributed by atoms with Crippen LogP contribution in [0.5, 0.6) is 28.7 Å². The molecule has 14 nitrogen and oxygen atoms in total. The Morgan fingerprint density at radius 2 is 0.785 bits per heavy atom. The zero-order valence-corrected chi connectivity index (χ0v) is 38.8. The lowest BCUT2D eigenvalue weighted by molar-refractivity contribution is -0.117. The molecule has 0 aliphatic rings. The third-order valence-electron chi connectivity index (χ3n) is 9.83. The van der Waals surface area contributed by atoms with Gasteiger partial charge in [0, 0.05) is 90.0 Å². The van der Waals surface area contributed by atoms with Gasteiger partial charge in [0.15, 0.2) is 0 Å². The average molecular weight is 897 g/mol. The molecule has 356 valence electrons. The number of amides is 1. The number of hydrogen-bond donors (Lipinski definition) is 13. The van der Waals surface area contributed by atoms with E-state index in [0.29, 0.717) is 49.3 Å². The molecule has 3 atom stereocenters. The summed E-state index contributed by atoms with van der Waals surface area (Å²) in [5.74, 6) is 1.20. The van der Waals surface area contributed by atoms with E-state index >= 15 is 0 Å². The maximum absolute atomic E-state index is 11.1. The molecule has 5 rings (SSSR count). The number of hydrogen-bond acceptors (Lipinski definition) is 13. The van der Waals surface area contributed by atoms with Crippen molar-refractivity contribution in [2.24, 2.45) is 11.5 Å². The molecule has 0 heterocycles. The van der Waals surface area contributed by atoms with Crippen molar-refractivity contribution in [1.82, 2.24) is 31.9 Å². The molecule has 0 aliphatic carbocycles. The Hall–Kier alpha value is -5.71. The first-order valence-electron chi connectivity index (χ1n) is 22.4. The molecule has 5 aromatic rings. The Morgan fingerprint density at radius 1 is 0.462 bits per heavy atom. The summed E-state index contributed by atoms with van der Waals surface area (Å²) in [6.07, 6.45) is 1.95. The summed E-state index contributed by atoms with van der Waals surface area (Å²) >= 11 is 0. The Labute approximate surface area is 386 Å². The molecular weight excluding hydrogens is 821 g/mol. The van der Waals surface area contributed by atoms with E-state index in [0.717, 1.165) is 64.2 Å². The largest absolute Gasteiger partial charge is 0.508 e. The zero-order valence-electron chi connectivity index (χ0n) is 38.8. The van der Waals surface area contributed by atoms with Gasteiger partial charge in [0.05, 0.1) is 0 Å². The highest BCUT2D eigenvalue weighted by atomic mass is 16.3. The highest BCUT2D eigenvalue weighted by molar-refractivity contribution is 5.73. The molecule has 0 radical (unpaired) electrons. The molecule has 0 saturated carbocycles. The van der Waals surface area contributed by atoms with E-state index in [-0.39, 0.29) is 29.5 Å². The normalized spacial score (nSPS) is 12.0. The molecule has 0 aliphatic heterocycles. The van der Waals surface area contributed by atoms with Gasteiger partial charge in [-0.2, -0.15) is 0 Å². The van der Waals surface area contributed by atoms with E-state index in [1.54, 1.807) is 60.7 Å². The van der Waals surface area contributed by atoms with Crippen molar-refractivity contribution in [2.45, 2.75) is 65.1 Å². The maximum Gasteiger partial charge on any atom is 0.218 e. The van der Waals surface area contributed by atoms with E-state index < -0.39 is 0 Å². The smallest absolute Gasteiger partial charge is 0.218 e. The summed E-state index contributed by atoms with van der Waals surface area (Å²) in [5, 5.41) is 66.5. The van der Waals surface area contributed by atoms with Crippen molar-refractivity contribution in [1.29, 1.82) is 0 Å². The number of aryl methyl sites for hydroxylation is 3. The van der Waals surface area contributed by atoms with E-state index in [2.05, 4.69) is 38.8 Å². The minimum Gasteiger partial charge on any atom is -0.508 e. The molecule has 0 saturated heterocycles. The number of phenols is 5. The van der Waals surface area contributed by atoms with Crippen LogP contribution in [-0.4, -0.2) is 115 Å². The van der Waals surface area contributed by atoms with Gasteiger partial charge in [-0.3, -0.25) is 4.79 Å². The van der Waals surface area contributed by atoms with E-state index in [1.807, 2.05) is 81.4 Å². The Bertz CT molecular complexity index is 1770. The van der Waals surface area contributed by atoms with Crippen molar-refractivity contribution in [3.63, 3.8) is 0 Å². The number of primary amides is 1. The predicted molar refractivity (Wildman–Crippen MR) is 265 cm³/mol. The number of benzene rings is 5. The van der Waals surface area contributed by atoms with Gasteiger partial charge in [-0.15, -0.1) is 0 Å². The van der Waals surface area contributed by atoms with Gasteiger partial charge in [-0.25, -0.2) is 0 Å². The van der Waals surface area contributed by atoms with Gasteiger partial charge in [0.1, 0.15) is 28.7 Å². The second-order valence-corrected chi connectivity index (χ2v) is 16.0. The molecule has 5 aromatic carbocycles. The van der Waals surface area contributed by atoms with Gasteiger partial charge in [0.25, 0.3) is 0 Å². The summed E-state index contributed by atoms with van der Waals surface area (Å²) in [4.78, 5) is 11.1. The summed E-state index contributed by atoms with van der Waals surface area (Å²) in [6, 6.07) is 36.7.